The first-order chi connectivity index (χ1) is 12.8. The molecule has 0 saturated carbocycles. The molecule has 0 aliphatic heterocycles. The summed E-state index contributed by atoms with van der Waals surface area (Å²) in [4.78, 5) is 37.4. The van der Waals surface area contributed by atoms with Crippen LogP contribution in [-0.2, 0) is 0 Å². The van der Waals surface area contributed by atoms with Gasteiger partial charge in [-0.1, -0.05) is 31.5 Å². The second-order valence-electron chi connectivity index (χ2n) is 6.38. The summed E-state index contributed by atoms with van der Waals surface area (Å²) in [6.07, 6.45) is 0. The number of pyridine rings is 1. The Balaban J connectivity index is 1.98. The van der Waals surface area contributed by atoms with Gasteiger partial charge in [0, 0.05) is 29.3 Å². The molecular weight excluding hydrogens is 370 g/mol. The first-order valence-electron chi connectivity index (χ1n) is 8.18. The minimum atomic E-state index is -0.596. The van der Waals surface area contributed by atoms with E-state index < -0.39 is 10.8 Å². The number of nitrogens with one attached hydrogen (secondary N) is 2. The van der Waals surface area contributed by atoms with Gasteiger partial charge >= 0.3 is 0 Å². The van der Waals surface area contributed by atoms with Gasteiger partial charge in [0.15, 0.2) is 0 Å². The molecule has 0 spiro atoms. The van der Waals surface area contributed by atoms with Gasteiger partial charge in [-0.05, 0) is 29.7 Å². The van der Waals surface area contributed by atoms with E-state index in [9.17, 15) is 19.7 Å². The molecule has 2 N–H and O–H groups in total. The minimum absolute atomic E-state index is 0.00427. The van der Waals surface area contributed by atoms with Crippen molar-refractivity contribution in [1.29, 1.82) is 0 Å². The molecule has 1 amide bonds. The van der Waals surface area contributed by atoms with Crippen molar-refractivity contribution in [3.8, 4) is 0 Å². The molecule has 7 nitrogen and oxygen atoms in total. The highest BCUT2D eigenvalue weighted by Crippen LogP contribution is 2.26. The summed E-state index contributed by atoms with van der Waals surface area (Å²) in [7, 11) is 0. The van der Waals surface area contributed by atoms with Crippen LogP contribution in [0.25, 0.3) is 10.9 Å². The fourth-order valence-corrected chi connectivity index (χ4v) is 3.05. The van der Waals surface area contributed by atoms with Crippen molar-refractivity contribution in [2.75, 3.05) is 5.32 Å². The van der Waals surface area contributed by atoms with E-state index >= 15 is 0 Å². The summed E-state index contributed by atoms with van der Waals surface area (Å²) in [6.45, 7) is 3.99. The van der Waals surface area contributed by atoms with Crippen LogP contribution in [0.5, 0.6) is 0 Å². The van der Waals surface area contributed by atoms with Gasteiger partial charge < -0.3 is 10.3 Å². The Morgan fingerprint density at radius 3 is 2.59 bits per heavy atom. The molecule has 0 saturated heterocycles. The van der Waals surface area contributed by atoms with E-state index in [4.69, 9.17) is 11.6 Å². The fraction of sp³-hybridized carbons (Fsp3) is 0.158. The highest BCUT2D eigenvalue weighted by atomic mass is 35.5. The van der Waals surface area contributed by atoms with Crippen LogP contribution in [0.15, 0.2) is 47.3 Å². The maximum absolute atomic E-state index is 12.5. The number of carbonyl (C=O) groups excluding carboxylic acids is 1. The Labute approximate surface area is 159 Å². The van der Waals surface area contributed by atoms with Gasteiger partial charge in [-0.2, -0.15) is 0 Å². The number of nitro benzene ring substituents is 1. The lowest BCUT2D eigenvalue weighted by molar-refractivity contribution is -0.384. The van der Waals surface area contributed by atoms with E-state index in [1.54, 1.807) is 18.2 Å². The third-order valence-corrected chi connectivity index (χ3v) is 4.49. The first kappa shape index (κ1) is 18.6. The number of fused-ring (bicyclic) bond motifs is 1. The van der Waals surface area contributed by atoms with Crippen LogP contribution in [0.3, 0.4) is 0 Å². The Kier molecular flexibility index (Phi) is 4.96. The second-order valence-corrected chi connectivity index (χ2v) is 6.79. The van der Waals surface area contributed by atoms with Crippen LogP contribution < -0.4 is 10.9 Å². The second kappa shape index (κ2) is 7.20. The Morgan fingerprint density at radius 1 is 1.19 bits per heavy atom. The number of aromatic nitrogens is 1. The number of carbonyl (C=O) groups is 1. The molecule has 0 unspecified atom stereocenters. The van der Waals surface area contributed by atoms with Crippen LogP contribution in [0.4, 0.5) is 11.4 Å². The number of hydrogen-bond acceptors (Lipinski definition) is 4. The summed E-state index contributed by atoms with van der Waals surface area (Å²) in [5.41, 5.74) is 1.48. The molecule has 3 aromatic rings. The van der Waals surface area contributed by atoms with Crippen molar-refractivity contribution >= 4 is 39.8 Å². The van der Waals surface area contributed by atoms with Crippen molar-refractivity contribution in [2.45, 2.75) is 19.8 Å². The molecular formula is C19H16ClN3O4. The molecule has 1 heterocycles. The van der Waals surface area contributed by atoms with Crippen LogP contribution in [0, 0.1) is 10.1 Å². The number of rotatable bonds is 4. The molecule has 138 valence electrons. The van der Waals surface area contributed by atoms with E-state index in [1.807, 2.05) is 19.9 Å². The average molecular weight is 386 g/mol. The lowest BCUT2D eigenvalue weighted by Gasteiger charge is -2.12. The third kappa shape index (κ3) is 3.83. The highest BCUT2D eigenvalue weighted by Gasteiger charge is 2.16. The number of nitrogens with zero attached hydrogens (tertiary/aromatic N) is 1. The van der Waals surface area contributed by atoms with Crippen molar-refractivity contribution in [3.05, 3.63) is 79.1 Å². The summed E-state index contributed by atoms with van der Waals surface area (Å²) in [6, 6.07) is 10.4. The SMILES string of the molecule is CC(C)c1cc(=O)[nH]c2cc(NC(=O)c3cc([N+](=O)[O-])ccc3Cl)ccc12. The molecule has 0 bridgehead atoms. The van der Waals surface area contributed by atoms with Gasteiger partial charge in [0.25, 0.3) is 11.6 Å². The van der Waals surface area contributed by atoms with E-state index in [0.717, 1.165) is 17.0 Å². The number of amides is 1. The topological polar surface area (TPSA) is 105 Å². The normalized spacial score (nSPS) is 11.0. The van der Waals surface area contributed by atoms with Crippen LogP contribution in [0.2, 0.25) is 5.02 Å². The quantitative estimate of drug-likeness (QED) is 0.510. The highest BCUT2D eigenvalue weighted by molar-refractivity contribution is 6.34. The van der Waals surface area contributed by atoms with E-state index in [1.165, 1.54) is 12.1 Å². The van der Waals surface area contributed by atoms with E-state index in [2.05, 4.69) is 10.3 Å². The lowest BCUT2D eigenvalue weighted by Crippen LogP contribution is -2.13. The molecule has 2 aromatic carbocycles. The molecule has 0 atom stereocenters. The summed E-state index contributed by atoms with van der Waals surface area (Å²) < 4.78 is 0. The predicted octanol–water partition coefficient (Wildman–Crippen LogP) is 4.47. The first-order valence-corrected chi connectivity index (χ1v) is 8.56. The number of nitro groups is 1. The van der Waals surface area contributed by atoms with E-state index in [0.29, 0.717) is 11.2 Å². The number of benzene rings is 2. The Bertz CT molecular complexity index is 1120. The van der Waals surface area contributed by atoms with Crippen molar-refractivity contribution in [3.63, 3.8) is 0 Å². The zero-order valence-corrected chi connectivity index (χ0v) is 15.3. The average Bonchev–Trinajstić information content (AvgIpc) is 2.60. The molecule has 8 heteroatoms. The summed E-state index contributed by atoms with van der Waals surface area (Å²) >= 11 is 6.00. The standard InChI is InChI=1S/C19H16ClN3O4/c1-10(2)14-9-18(24)22-17-7-11(3-5-13(14)17)21-19(25)15-8-12(23(26)27)4-6-16(15)20/h3-10H,1-2H3,(H,21,25)(H,22,24). The van der Waals surface area contributed by atoms with Crippen LogP contribution in [-0.4, -0.2) is 15.8 Å². The number of hydrogen-bond donors (Lipinski definition) is 2. The van der Waals surface area contributed by atoms with Gasteiger partial charge in [-0.15, -0.1) is 0 Å². The number of aromatic amines is 1. The van der Waals surface area contributed by atoms with Gasteiger partial charge in [0.2, 0.25) is 5.56 Å². The van der Waals surface area contributed by atoms with Crippen molar-refractivity contribution in [1.82, 2.24) is 4.98 Å². The lowest BCUT2D eigenvalue weighted by atomic mass is 9.99. The smallest absolute Gasteiger partial charge is 0.270 e. The third-order valence-electron chi connectivity index (χ3n) is 4.16. The molecule has 0 aliphatic carbocycles. The summed E-state index contributed by atoms with van der Waals surface area (Å²) in [5, 5.41) is 14.6. The maximum Gasteiger partial charge on any atom is 0.270 e. The number of non-ortho nitro benzene ring substituents is 1. The maximum atomic E-state index is 12.5. The van der Waals surface area contributed by atoms with Gasteiger partial charge in [0.1, 0.15) is 0 Å². The Morgan fingerprint density at radius 2 is 1.93 bits per heavy atom. The van der Waals surface area contributed by atoms with Crippen molar-refractivity contribution < 1.29 is 9.72 Å². The number of H-pyrrole nitrogens is 1. The largest absolute Gasteiger partial charge is 0.322 e. The minimum Gasteiger partial charge on any atom is -0.322 e. The summed E-state index contributed by atoms with van der Waals surface area (Å²) in [5.74, 6) is -0.413. The number of anilines is 1. The monoisotopic (exact) mass is 385 g/mol. The van der Waals surface area contributed by atoms with E-state index in [-0.39, 0.29) is 27.8 Å². The molecule has 0 fully saturated rings. The molecule has 3 rings (SSSR count). The van der Waals surface area contributed by atoms with Crippen LogP contribution in [0.1, 0.15) is 35.7 Å². The molecule has 0 aliphatic rings. The van der Waals surface area contributed by atoms with Gasteiger partial charge in [-0.3, -0.25) is 19.7 Å². The molecule has 0 radical (unpaired) electrons. The fourth-order valence-electron chi connectivity index (χ4n) is 2.84. The molecule has 1 aromatic heterocycles. The van der Waals surface area contributed by atoms with Gasteiger partial charge in [-0.25, -0.2) is 0 Å². The Hall–Kier alpha value is -3.19. The zero-order chi connectivity index (χ0) is 19.7. The van der Waals surface area contributed by atoms with Gasteiger partial charge in [0.05, 0.1) is 21.0 Å². The zero-order valence-electron chi connectivity index (χ0n) is 14.6. The van der Waals surface area contributed by atoms with Crippen molar-refractivity contribution in [2.24, 2.45) is 0 Å². The van der Waals surface area contributed by atoms with Crippen LogP contribution >= 0.6 is 11.6 Å². The molecule has 27 heavy (non-hydrogen) atoms. The predicted molar refractivity (Wildman–Crippen MR) is 105 cm³/mol. The number of halogens is 1.